The van der Waals surface area contributed by atoms with Gasteiger partial charge in [0.2, 0.25) is 0 Å². The highest BCUT2D eigenvalue weighted by Gasteiger charge is 2.34. The molecule has 10 heteroatoms. The fourth-order valence-corrected chi connectivity index (χ4v) is 5.92. The first-order chi connectivity index (χ1) is 22.2. The van der Waals surface area contributed by atoms with E-state index in [0.29, 0.717) is 57.0 Å². The second-order valence-corrected chi connectivity index (χ2v) is 10.0. The zero-order chi connectivity index (χ0) is 33.7. The lowest BCUT2D eigenvalue weighted by atomic mass is 9.85. The Morgan fingerprint density at radius 1 is 0.522 bits per heavy atom. The highest BCUT2D eigenvalue weighted by atomic mass is 16.5. The Bertz CT molecular complexity index is 1720. The van der Waals surface area contributed by atoms with E-state index in [1.54, 1.807) is 38.5 Å². The third kappa shape index (κ3) is 5.40. The number of hydrogen-bond acceptors (Lipinski definition) is 10. The number of ether oxygens (including phenoxy) is 8. The summed E-state index contributed by atoms with van der Waals surface area (Å²) in [4.78, 5) is 27.0. The first-order valence-corrected chi connectivity index (χ1v) is 14.2. The lowest BCUT2D eigenvalue weighted by Gasteiger charge is -2.25. The number of fused-ring (bicyclic) bond motifs is 2. The third-order valence-electron chi connectivity index (χ3n) is 7.81. The molecule has 0 radical (unpaired) electrons. The van der Waals surface area contributed by atoms with Crippen molar-refractivity contribution in [2.45, 2.75) is 12.8 Å². The van der Waals surface area contributed by atoms with Crippen LogP contribution in [0.25, 0.3) is 32.7 Å². The van der Waals surface area contributed by atoms with Crippen LogP contribution >= 0.6 is 0 Å². The fourth-order valence-electron chi connectivity index (χ4n) is 5.92. The van der Waals surface area contributed by atoms with Crippen LogP contribution in [0.2, 0.25) is 0 Å². The van der Waals surface area contributed by atoms with Crippen molar-refractivity contribution >= 4 is 33.5 Å². The summed E-state index contributed by atoms with van der Waals surface area (Å²) in [6.45, 7) is 7.82. The molecule has 0 amide bonds. The molecular formula is C36H38O10. The maximum Gasteiger partial charge on any atom is 0.345 e. The van der Waals surface area contributed by atoms with Crippen molar-refractivity contribution in [2.24, 2.45) is 0 Å². The van der Waals surface area contributed by atoms with Gasteiger partial charge in [-0.25, -0.2) is 9.59 Å². The van der Waals surface area contributed by atoms with E-state index in [0.717, 1.165) is 11.1 Å². The molecule has 0 aliphatic carbocycles. The number of carbonyl (C=O) groups excluding carboxylic acids is 2. The molecule has 0 heterocycles. The van der Waals surface area contributed by atoms with Gasteiger partial charge in [-0.05, 0) is 59.0 Å². The maximum atomic E-state index is 13.5. The molecule has 0 aliphatic heterocycles. The van der Waals surface area contributed by atoms with Gasteiger partial charge in [-0.2, -0.15) is 0 Å². The van der Waals surface area contributed by atoms with Crippen LogP contribution < -0.4 is 28.4 Å². The molecular weight excluding hydrogens is 592 g/mol. The molecule has 0 fully saturated rings. The Kier molecular flexibility index (Phi) is 10.3. The molecule has 0 spiro atoms. The van der Waals surface area contributed by atoms with Crippen molar-refractivity contribution in [1.29, 1.82) is 0 Å². The number of benzene rings is 4. The molecule has 0 bridgehead atoms. The molecule has 4 aromatic rings. The minimum absolute atomic E-state index is 0.0268. The summed E-state index contributed by atoms with van der Waals surface area (Å²) in [5.74, 6) is 0.389. The number of allylic oxidation sites excluding steroid dienone is 2. The van der Waals surface area contributed by atoms with Crippen LogP contribution in [0.15, 0.2) is 49.6 Å². The summed E-state index contributed by atoms with van der Waals surface area (Å²) >= 11 is 0. The van der Waals surface area contributed by atoms with Gasteiger partial charge in [-0.3, -0.25) is 0 Å². The molecule has 46 heavy (non-hydrogen) atoms. The summed E-state index contributed by atoms with van der Waals surface area (Å²) in [6.07, 6.45) is 4.45. The summed E-state index contributed by atoms with van der Waals surface area (Å²) in [7, 11) is 11.4. The molecule has 0 N–H and O–H groups in total. The largest absolute Gasteiger partial charge is 0.496 e. The average Bonchev–Trinajstić information content (AvgIpc) is 3.08. The molecule has 0 saturated carbocycles. The van der Waals surface area contributed by atoms with E-state index in [-0.39, 0.29) is 34.1 Å². The highest BCUT2D eigenvalue weighted by Crippen LogP contribution is 2.55. The van der Waals surface area contributed by atoms with E-state index in [2.05, 4.69) is 13.2 Å². The molecule has 4 rings (SSSR count). The van der Waals surface area contributed by atoms with Crippen LogP contribution in [0.1, 0.15) is 31.8 Å². The molecule has 0 aromatic heterocycles. The van der Waals surface area contributed by atoms with Gasteiger partial charge in [0.15, 0.2) is 0 Å². The standard InChI is InChI=1S/C36H38O10/c1-11-13-19-15-21-23(17-25(19)39-3)31(41-5)29(35(37)45-9)33(43-7)27(21)28-22-16-20(14-12-2)26(40-4)18-24(22)32(42-6)30(34(28)44-8)36(38)46-10/h11-12,15-18H,1-2,13-14H2,3-10H3. The predicted molar refractivity (Wildman–Crippen MR) is 177 cm³/mol. The lowest BCUT2D eigenvalue weighted by Crippen LogP contribution is -2.12. The Labute approximate surface area is 268 Å². The van der Waals surface area contributed by atoms with Crippen molar-refractivity contribution < 1.29 is 47.5 Å². The monoisotopic (exact) mass is 630 g/mol. The van der Waals surface area contributed by atoms with E-state index in [4.69, 9.17) is 37.9 Å². The molecule has 0 atom stereocenters. The number of rotatable bonds is 13. The zero-order valence-electron chi connectivity index (χ0n) is 27.4. The summed E-state index contributed by atoms with van der Waals surface area (Å²) in [5.41, 5.74) is 2.52. The smallest absolute Gasteiger partial charge is 0.345 e. The first kappa shape index (κ1) is 33.5. The normalized spacial score (nSPS) is 10.7. The number of carbonyl (C=O) groups is 2. The SMILES string of the molecule is C=CCc1cc2c(-c3c(OC)c(C(=O)OC)c(OC)c4cc(OC)c(CC=C)cc34)c(OC)c(C(=O)OC)c(OC)c2cc1OC. The Hall–Kier alpha value is -5.38. The third-order valence-corrected chi connectivity index (χ3v) is 7.81. The van der Waals surface area contributed by atoms with E-state index >= 15 is 0 Å². The van der Waals surface area contributed by atoms with Crippen LogP contribution in [-0.4, -0.2) is 68.8 Å². The Balaban J connectivity index is 2.49. The predicted octanol–water partition coefficient (Wildman–Crippen LogP) is 6.74. The minimum Gasteiger partial charge on any atom is -0.496 e. The van der Waals surface area contributed by atoms with Crippen molar-refractivity contribution in [3.8, 4) is 45.6 Å². The first-order valence-electron chi connectivity index (χ1n) is 14.2. The number of hydrogen-bond donors (Lipinski definition) is 0. The summed E-state index contributed by atoms with van der Waals surface area (Å²) in [6, 6.07) is 7.40. The van der Waals surface area contributed by atoms with Gasteiger partial charge < -0.3 is 37.9 Å². The van der Waals surface area contributed by atoms with Crippen LogP contribution in [0.4, 0.5) is 0 Å². The van der Waals surface area contributed by atoms with E-state index in [1.165, 1.54) is 42.7 Å². The quantitative estimate of drug-likeness (QED) is 0.116. The van der Waals surface area contributed by atoms with Crippen LogP contribution in [-0.2, 0) is 22.3 Å². The van der Waals surface area contributed by atoms with Gasteiger partial charge in [-0.1, -0.05) is 12.2 Å². The zero-order valence-corrected chi connectivity index (χ0v) is 27.4. The minimum atomic E-state index is -0.704. The van der Waals surface area contributed by atoms with Gasteiger partial charge in [0.05, 0.1) is 56.9 Å². The van der Waals surface area contributed by atoms with Gasteiger partial charge >= 0.3 is 11.9 Å². The summed E-state index contributed by atoms with van der Waals surface area (Å²) in [5, 5.41) is 2.27. The molecule has 0 saturated heterocycles. The Morgan fingerprint density at radius 2 is 0.870 bits per heavy atom. The summed E-state index contributed by atoms with van der Waals surface area (Å²) < 4.78 is 45.7. The second kappa shape index (κ2) is 14.2. The van der Waals surface area contributed by atoms with Gasteiger partial charge in [-0.15, -0.1) is 13.2 Å². The Morgan fingerprint density at radius 3 is 1.13 bits per heavy atom. The maximum absolute atomic E-state index is 13.5. The van der Waals surface area contributed by atoms with E-state index in [9.17, 15) is 9.59 Å². The van der Waals surface area contributed by atoms with Crippen LogP contribution in [0.5, 0.6) is 34.5 Å². The molecule has 4 aromatic carbocycles. The average molecular weight is 631 g/mol. The molecule has 242 valence electrons. The van der Waals surface area contributed by atoms with Crippen LogP contribution in [0.3, 0.4) is 0 Å². The van der Waals surface area contributed by atoms with Gasteiger partial charge in [0.25, 0.3) is 0 Å². The topological polar surface area (TPSA) is 108 Å². The van der Waals surface area contributed by atoms with Gasteiger partial charge in [0, 0.05) is 21.9 Å². The number of methoxy groups -OCH3 is 8. The van der Waals surface area contributed by atoms with E-state index < -0.39 is 11.9 Å². The highest BCUT2D eigenvalue weighted by molar-refractivity contribution is 6.20. The fraction of sp³-hybridized carbons (Fsp3) is 0.278. The van der Waals surface area contributed by atoms with Crippen molar-refractivity contribution in [1.82, 2.24) is 0 Å². The lowest BCUT2D eigenvalue weighted by molar-refractivity contribution is 0.0584. The second-order valence-electron chi connectivity index (χ2n) is 10.0. The van der Waals surface area contributed by atoms with Gasteiger partial charge in [0.1, 0.15) is 45.6 Å². The van der Waals surface area contributed by atoms with Crippen molar-refractivity contribution in [2.75, 3.05) is 56.9 Å². The van der Waals surface area contributed by atoms with E-state index in [1.807, 2.05) is 12.1 Å². The van der Waals surface area contributed by atoms with Crippen molar-refractivity contribution in [3.05, 3.63) is 71.8 Å². The van der Waals surface area contributed by atoms with Crippen LogP contribution in [0, 0.1) is 0 Å². The van der Waals surface area contributed by atoms with Crippen molar-refractivity contribution in [3.63, 3.8) is 0 Å². The number of esters is 2. The molecule has 10 nitrogen and oxygen atoms in total. The molecule has 0 unspecified atom stereocenters. The molecule has 0 aliphatic rings.